The number of urea groups is 2. The lowest BCUT2D eigenvalue weighted by Crippen LogP contribution is -2.68. The van der Waals surface area contributed by atoms with E-state index in [4.69, 9.17) is 18.9 Å². The van der Waals surface area contributed by atoms with Gasteiger partial charge in [0.25, 0.3) is 0 Å². The Balaban J connectivity index is 1.72. The van der Waals surface area contributed by atoms with Gasteiger partial charge in [-0.15, -0.1) is 0 Å². The van der Waals surface area contributed by atoms with Crippen molar-refractivity contribution in [1.82, 2.24) is 19.6 Å². The average molecular weight is 410 g/mol. The van der Waals surface area contributed by atoms with E-state index in [1.165, 1.54) is 19.6 Å². The monoisotopic (exact) mass is 410 g/mol. The maximum absolute atomic E-state index is 13.1. The molecule has 1 saturated carbocycles. The van der Waals surface area contributed by atoms with Crippen LogP contribution in [0.3, 0.4) is 0 Å². The minimum absolute atomic E-state index is 0.0591. The lowest BCUT2D eigenvalue weighted by molar-refractivity contribution is -0.185. The molecule has 4 aliphatic heterocycles. The van der Waals surface area contributed by atoms with Gasteiger partial charge >= 0.3 is 24.0 Å². The summed E-state index contributed by atoms with van der Waals surface area (Å²) >= 11 is 0. The van der Waals surface area contributed by atoms with Crippen molar-refractivity contribution in [1.29, 1.82) is 0 Å². The molecule has 0 N–H and O–H groups in total. The third kappa shape index (κ3) is 1.78. The summed E-state index contributed by atoms with van der Waals surface area (Å²) in [5.74, 6) is -1.42. The third-order valence-corrected chi connectivity index (χ3v) is 6.66. The molecular weight excluding hydrogens is 388 g/mol. The molecule has 4 heterocycles. The Morgan fingerprint density at radius 1 is 0.793 bits per heavy atom. The lowest BCUT2D eigenvalue weighted by atomic mass is 9.84. The zero-order valence-electron chi connectivity index (χ0n) is 16.2. The number of esters is 2. The van der Waals surface area contributed by atoms with Crippen LogP contribution in [0.5, 0.6) is 0 Å². The van der Waals surface area contributed by atoms with Crippen molar-refractivity contribution in [2.45, 2.75) is 38.0 Å². The Morgan fingerprint density at radius 3 is 1.45 bits per heavy atom. The molecule has 0 aromatic heterocycles. The molecule has 2 spiro atoms. The minimum Gasteiger partial charge on any atom is -0.465 e. The molecule has 158 valence electrons. The molecule has 0 bridgehead atoms. The van der Waals surface area contributed by atoms with Gasteiger partial charge in [0.05, 0.1) is 13.2 Å². The van der Waals surface area contributed by atoms with E-state index in [9.17, 15) is 19.2 Å². The van der Waals surface area contributed by atoms with E-state index in [0.29, 0.717) is 0 Å². The second-order valence-corrected chi connectivity index (χ2v) is 7.71. The SMILES string of the molecule is CCOC(=O)C1(C(=O)OCC)CC23N4COCN2C(=O)N2COCN(C4=O)C23C1. The summed E-state index contributed by atoms with van der Waals surface area (Å²) in [6.45, 7) is 3.25. The average Bonchev–Trinajstić information content (AvgIpc) is 3.19. The molecule has 5 aliphatic rings. The van der Waals surface area contributed by atoms with Crippen LogP contribution in [0.2, 0.25) is 0 Å². The minimum atomic E-state index is -1.66. The summed E-state index contributed by atoms with van der Waals surface area (Å²) in [4.78, 5) is 58.2. The van der Waals surface area contributed by atoms with Crippen molar-refractivity contribution < 1.29 is 38.1 Å². The Morgan fingerprint density at radius 2 is 1.14 bits per heavy atom. The van der Waals surface area contributed by atoms with Crippen LogP contribution in [-0.4, -0.2) is 95.1 Å². The van der Waals surface area contributed by atoms with Gasteiger partial charge in [-0.2, -0.15) is 0 Å². The number of ether oxygens (including phenoxy) is 4. The van der Waals surface area contributed by atoms with Gasteiger partial charge in [0.15, 0.2) is 16.7 Å². The Hall–Kier alpha value is -2.60. The van der Waals surface area contributed by atoms with Gasteiger partial charge in [0, 0.05) is 12.8 Å². The predicted molar refractivity (Wildman–Crippen MR) is 90.2 cm³/mol. The topological polar surface area (TPSA) is 118 Å². The van der Waals surface area contributed by atoms with Gasteiger partial charge in [-0.25, -0.2) is 9.59 Å². The van der Waals surface area contributed by atoms with E-state index < -0.39 is 28.7 Å². The van der Waals surface area contributed by atoms with E-state index in [1.807, 2.05) is 0 Å². The first-order valence-electron chi connectivity index (χ1n) is 9.59. The number of hydrogen-bond donors (Lipinski definition) is 0. The molecule has 5 fully saturated rings. The van der Waals surface area contributed by atoms with E-state index in [0.717, 1.165) is 0 Å². The molecule has 5 rings (SSSR count). The largest absolute Gasteiger partial charge is 0.465 e. The molecular formula is C17H22N4O8. The van der Waals surface area contributed by atoms with Gasteiger partial charge in [0.2, 0.25) is 0 Å². The second kappa shape index (κ2) is 5.72. The third-order valence-electron chi connectivity index (χ3n) is 6.66. The van der Waals surface area contributed by atoms with Crippen molar-refractivity contribution in [2.75, 3.05) is 40.1 Å². The highest BCUT2D eigenvalue weighted by Gasteiger charge is 2.88. The summed E-state index contributed by atoms with van der Waals surface area (Å²) in [7, 11) is 0. The van der Waals surface area contributed by atoms with Crippen LogP contribution in [0, 0.1) is 5.41 Å². The van der Waals surface area contributed by atoms with Crippen LogP contribution >= 0.6 is 0 Å². The molecule has 4 saturated heterocycles. The number of rotatable bonds is 4. The molecule has 0 aromatic rings. The summed E-state index contributed by atoms with van der Waals surface area (Å²) < 4.78 is 21.5. The van der Waals surface area contributed by atoms with Gasteiger partial charge < -0.3 is 18.9 Å². The number of carbonyl (C=O) groups excluding carboxylic acids is 4. The molecule has 4 amide bonds. The molecule has 12 nitrogen and oxygen atoms in total. The number of nitrogens with zero attached hydrogens (tertiary/aromatic N) is 4. The van der Waals surface area contributed by atoms with Crippen molar-refractivity contribution in [3.63, 3.8) is 0 Å². The van der Waals surface area contributed by atoms with Gasteiger partial charge in [0.1, 0.15) is 26.9 Å². The maximum Gasteiger partial charge on any atom is 0.327 e. The number of carbonyl (C=O) groups is 4. The van der Waals surface area contributed by atoms with E-state index in [-0.39, 0.29) is 65.0 Å². The smallest absolute Gasteiger partial charge is 0.327 e. The van der Waals surface area contributed by atoms with Crippen molar-refractivity contribution in [2.24, 2.45) is 5.41 Å². The molecule has 0 aromatic carbocycles. The van der Waals surface area contributed by atoms with Crippen molar-refractivity contribution in [3.8, 4) is 0 Å². The first-order valence-corrected chi connectivity index (χ1v) is 9.59. The van der Waals surface area contributed by atoms with Crippen molar-refractivity contribution >= 4 is 24.0 Å². The molecule has 1 aliphatic carbocycles. The first kappa shape index (κ1) is 18.4. The van der Waals surface area contributed by atoms with E-state index in [2.05, 4.69) is 0 Å². The molecule has 0 atom stereocenters. The standard InChI is InChI=1S/C17H22N4O8/c1-3-28-11(22)15(12(23)29-4-2)5-16-17(6-15)20-9-27-10-21(17)14(25)19(16)8-26-7-18(16)13(20)24/h3-10H2,1-2H3. The fourth-order valence-corrected chi connectivity index (χ4v) is 5.65. The summed E-state index contributed by atoms with van der Waals surface area (Å²) in [5.41, 5.74) is -4.15. The van der Waals surface area contributed by atoms with E-state index >= 15 is 0 Å². The van der Waals surface area contributed by atoms with Gasteiger partial charge in [-0.05, 0) is 13.8 Å². The fraction of sp³-hybridized carbons (Fsp3) is 0.765. The van der Waals surface area contributed by atoms with Crippen LogP contribution in [0.25, 0.3) is 0 Å². The number of hydrogen-bond acceptors (Lipinski definition) is 8. The van der Waals surface area contributed by atoms with Crippen molar-refractivity contribution in [3.05, 3.63) is 0 Å². The molecule has 0 unspecified atom stereocenters. The van der Waals surface area contributed by atoms with Crippen LogP contribution in [0.15, 0.2) is 0 Å². The maximum atomic E-state index is 13.1. The molecule has 29 heavy (non-hydrogen) atoms. The summed E-state index contributed by atoms with van der Waals surface area (Å²) in [5, 5.41) is 0. The highest BCUT2D eigenvalue weighted by atomic mass is 16.6. The highest BCUT2D eigenvalue weighted by Crippen LogP contribution is 2.67. The lowest BCUT2D eigenvalue weighted by Gasteiger charge is -2.48. The van der Waals surface area contributed by atoms with Gasteiger partial charge in [-0.1, -0.05) is 0 Å². The fourth-order valence-electron chi connectivity index (χ4n) is 5.65. The highest BCUT2D eigenvalue weighted by molar-refractivity contribution is 6.03. The number of amides is 4. The van der Waals surface area contributed by atoms with E-state index in [1.54, 1.807) is 13.8 Å². The quantitative estimate of drug-likeness (QED) is 0.456. The van der Waals surface area contributed by atoms with Crippen LogP contribution in [0.1, 0.15) is 26.7 Å². The molecule has 0 radical (unpaired) electrons. The Labute approximate surface area is 166 Å². The zero-order chi connectivity index (χ0) is 20.6. The normalized spacial score (nSPS) is 33.7. The Kier molecular flexibility index (Phi) is 3.64. The predicted octanol–water partition coefficient (Wildman–Crippen LogP) is -0.349. The summed E-state index contributed by atoms with van der Waals surface area (Å²) in [6.07, 6.45) is -0.239. The van der Waals surface area contributed by atoms with Gasteiger partial charge in [-0.3, -0.25) is 29.2 Å². The molecule has 12 heteroatoms. The second-order valence-electron chi connectivity index (χ2n) is 7.71. The van der Waals surface area contributed by atoms with Crippen LogP contribution < -0.4 is 0 Å². The van der Waals surface area contributed by atoms with Crippen LogP contribution in [-0.2, 0) is 28.5 Å². The zero-order valence-corrected chi connectivity index (χ0v) is 16.2. The Bertz CT molecular complexity index is 721. The first-order chi connectivity index (χ1) is 13.9. The van der Waals surface area contributed by atoms with Crippen LogP contribution in [0.4, 0.5) is 9.59 Å². The summed E-state index contributed by atoms with van der Waals surface area (Å²) in [6, 6.07) is -0.735.